The number of ether oxygens (including phenoxy) is 3. The van der Waals surface area contributed by atoms with E-state index in [1.807, 2.05) is 30.3 Å². The lowest BCUT2D eigenvalue weighted by molar-refractivity contribution is -0.137. The van der Waals surface area contributed by atoms with Gasteiger partial charge >= 0.3 is 17.9 Å². The minimum atomic E-state index is -0.841. The van der Waals surface area contributed by atoms with E-state index in [9.17, 15) is 14.4 Å². The Labute approximate surface area is 208 Å². The maximum atomic E-state index is 12.8. The molecule has 0 radical (unpaired) electrons. The highest BCUT2D eigenvalue weighted by molar-refractivity contribution is 5.93. The number of carboxylic acids is 1. The highest BCUT2D eigenvalue weighted by Gasteiger charge is 2.27. The zero-order valence-corrected chi connectivity index (χ0v) is 20.1. The highest BCUT2D eigenvalue weighted by Crippen LogP contribution is 2.46. The summed E-state index contributed by atoms with van der Waals surface area (Å²) in [6.45, 7) is 7.50. The summed E-state index contributed by atoms with van der Waals surface area (Å²) in [7, 11) is 0. The lowest BCUT2D eigenvalue weighted by Gasteiger charge is -2.10. The van der Waals surface area contributed by atoms with Crippen LogP contribution in [0.25, 0.3) is 11.1 Å². The van der Waals surface area contributed by atoms with Gasteiger partial charge in [0, 0.05) is 17.9 Å². The number of fused-ring (bicyclic) bond motifs is 3. The summed E-state index contributed by atoms with van der Waals surface area (Å²) in [6, 6.07) is 17.6. The van der Waals surface area contributed by atoms with Crippen molar-refractivity contribution in [2.45, 2.75) is 32.6 Å². The summed E-state index contributed by atoms with van der Waals surface area (Å²) < 4.78 is 16.4. The van der Waals surface area contributed by atoms with Crippen LogP contribution in [0.1, 0.15) is 54.1 Å². The van der Waals surface area contributed by atoms with Gasteiger partial charge in [0.2, 0.25) is 0 Å². The molecule has 36 heavy (non-hydrogen) atoms. The van der Waals surface area contributed by atoms with Gasteiger partial charge in [0.15, 0.2) is 0 Å². The lowest BCUT2D eigenvalue weighted by Crippen LogP contribution is -2.10. The van der Waals surface area contributed by atoms with Crippen LogP contribution in [0.4, 0.5) is 0 Å². The first-order chi connectivity index (χ1) is 17.2. The summed E-state index contributed by atoms with van der Waals surface area (Å²) in [4.78, 5) is 35.1. The van der Waals surface area contributed by atoms with Gasteiger partial charge in [-0.25, -0.2) is 9.59 Å². The Bertz CT molecular complexity index is 1340. The molecule has 7 heteroatoms. The van der Waals surface area contributed by atoms with E-state index in [1.54, 1.807) is 37.3 Å². The van der Waals surface area contributed by atoms with Crippen LogP contribution < -0.4 is 14.2 Å². The number of hydrogen-bond acceptors (Lipinski definition) is 6. The van der Waals surface area contributed by atoms with Crippen LogP contribution in [0.3, 0.4) is 0 Å². The summed E-state index contributed by atoms with van der Waals surface area (Å²) in [6.07, 6.45) is 0.508. The maximum Gasteiger partial charge on any atom is 0.343 e. The number of carboxylic acid groups (broad SMARTS) is 1. The summed E-state index contributed by atoms with van der Waals surface area (Å²) in [5.41, 5.74) is 4.95. The van der Waals surface area contributed by atoms with E-state index in [0.29, 0.717) is 35.8 Å². The molecule has 4 rings (SSSR count). The fourth-order valence-corrected chi connectivity index (χ4v) is 4.04. The SMILES string of the molecule is C=C(C)C(=O)Oc1ccc(OC(=O)c2ccc3c(c2)C(C)c2cc(OCCCC(=O)O)ccc2-3)cc1. The molecular formula is C29H26O7. The average molecular weight is 487 g/mol. The van der Waals surface area contributed by atoms with E-state index < -0.39 is 17.9 Å². The fourth-order valence-electron chi connectivity index (χ4n) is 4.04. The topological polar surface area (TPSA) is 99.1 Å². The highest BCUT2D eigenvalue weighted by atomic mass is 16.5. The van der Waals surface area contributed by atoms with E-state index in [1.165, 1.54) is 0 Å². The molecule has 0 aliphatic heterocycles. The van der Waals surface area contributed by atoms with Crippen molar-refractivity contribution in [2.75, 3.05) is 6.61 Å². The predicted octanol–water partition coefficient (Wildman–Crippen LogP) is 5.76. The van der Waals surface area contributed by atoms with Crippen molar-refractivity contribution in [3.8, 4) is 28.4 Å². The van der Waals surface area contributed by atoms with Crippen molar-refractivity contribution >= 4 is 17.9 Å². The first-order valence-corrected chi connectivity index (χ1v) is 11.6. The molecule has 0 aromatic heterocycles. The van der Waals surface area contributed by atoms with Gasteiger partial charge in [0.25, 0.3) is 0 Å². The molecule has 184 valence electrons. The molecule has 3 aromatic rings. The zero-order valence-electron chi connectivity index (χ0n) is 20.1. The van der Waals surface area contributed by atoms with Crippen LogP contribution in [-0.2, 0) is 9.59 Å². The van der Waals surface area contributed by atoms with Gasteiger partial charge in [-0.2, -0.15) is 0 Å². The minimum absolute atomic E-state index is 0.0487. The number of esters is 2. The molecule has 1 atom stereocenters. The quantitative estimate of drug-likeness (QED) is 0.178. The van der Waals surface area contributed by atoms with Gasteiger partial charge in [0.05, 0.1) is 12.2 Å². The zero-order chi connectivity index (χ0) is 25.8. The van der Waals surface area contributed by atoms with Crippen molar-refractivity contribution in [2.24, 2.45) is 0 Å². The van der Waals surface area contributed by atoms with Crippen molar-refractivity contribution in [3.63, 3.8) is 0 Å². The molecular weight excluding hydrogens is 460 g/mol. The molecule has 0 amide bonds. The number of hydrogen-bond donors (Lipinski definition) is 1. The Morgan fingerprint density at radius 3 is 2.08 bits per heavy atom. The number of rotatable bonds is 9. The van der Waals surface area contributed by atoms with Crippen LogP contribution in [0, 0.1) is 0 Å². The average Bonchev–Trinajstić information content (AvgIpc) is 3.13. The van der Waals surface area contributed by atoms with Crippen LogP contribution >= 0.6 is 0 Å². The molecule has 0 spiro atoms. The molecule has 0 bridgehead atoms. The largest absolute Gasteiger partial charge is 0.494 e. The maximum absolute atomic E-state index is 12.8. The Balaban J connectivity index is 1.44. The van der Waals surface area contributed by atoms with Crippen molar-refractivity contribution in [1.29, 1.82) is 0 Å². The van der Waals surface area contributed by atoms with Crippen molar-refractivity contribution in [1.82, 2.24) is 0 Å². The lowest BCUT2D eigenvalue weighted by atomic mass is 9.98. The van der Waals surface area contributed by atoms with E-state index >= 15 is 0 Å². The van der Waals surface area contributed by atoms with Gasteiger partial charge < -0.3 is 19.3 Å². The monoisotopic (exact) mass is 486 g/mol. The molecule has 1 unspecified atom stereocenters. The minimum Gasteiger partial charge on any atom is -0.494 e. The van der Waals surface area contributed by atoms with E-state index in [4.69, 9.17) is 19.3 Å². The number of carbonyl (C=O) groups is 3. The first-order valence-electron chi connectivity index (χ1n) is 11.6. The summed E-state index contributed by atoms with van der Waals surface area (Å²) in [5.74, 6) is -0.454. The molecule has 0 heterocycles. The normalized spacial score (nSPS) is 13.3. The Morgan fingerprint density at radius 2 is 1.44 bits per heavy atom. The molecule has 7 nitrogen and oxygen atoms in total. The van der Waals surface area contributed by atoms with Crippen molar-refractivity contribution in [3.05, 3.63) is 89.5 Å². The first kappa shape index (κ1) is 24.7. The van der Waals surface area contributed by atoms with E-state index in [-0.39, 0.29) is 17.9 Å². The second kappa shape index (κ2) is 10.5. The Kier molecular flexibility index (Phi) is 7.20. The molecule has 1 aliphatic carbocycles. The third kappa shape index (κ3) is 5.46. The molecule has 0 fully saturated rings. The van der Waals surface area contributed by atoms with Crippen LogP contribution in [0.2, 0.25) is 0 Å². The van der Waals surface area contributed by atoms with Gasteiger partial charge in [0.1, 0.15) is 17.2 Å². The molecule has 0 saturated carbocycles. The smallest absolute Gasteiger partial charge is 0.343 e. The van der Waals surface area contributed by atoms with Gasteiger partial charge in [-0.05, 0) is 84.1 Å². The van der Waals surface area contributed by atoms with E-state index in [0.717, 1.165) is 22.3 Å². The van der Waals surface area contributed by atoms with Crippen molar-refractivity contribution < 1.29 is 33.7 Å². The number of carbonyl (C=O) groups excluding carboxylic acids is 2. The second-order valence-corrected chi connectivity index (χ2v) is 8.65. The Hall–Kier alpha value is -4.39. The molecule has 1 N–H and O–H groups in total. The van der Waals surface area contributed by atoms with Crippen LogP contribution in [0.15, 0.2) is 72.8 Å². The second-order valence-electron chi connectivity index (χ2n) is 8.65. The third-order valence-corrected chi connectivity index (χ3v) is 5.93. The van der Waals surface area contributed by atoms with Crippen LogP contribution in [0.5, 0.6) is 17.2 Å². The van der Waals surface area contributed by atoms with E-state index in [2.05, 4.69) is 13.5 Å². The number of aliphatic carboxylic acids is 1. The van der Waals surface area contributed by atoms with Gasteiger partial charge in [-0.1, -0.05) is 25.6 Å². The number of benzene rings is 3. The van der Waals surface area contributed by atoms with Gasteiger partial charge in [-0.15, -0.1) is 0 Å². The standard InChI is InChI=1S/C29H26O7/c1-17(2)28(32)35-20-7-9-21(10-8-20)36-29(33)19-6-12-23-24-13-11-22(34-14-4-5-27(30)31)16-26(24)18(3)25(23)15-19/h6-13,15-16,18H,1,4-5,14H2,2-3H3,(H,30,31). The fraction of sp³-hybridized carbons (Fsp3) is 0.207. The summed E-state index contributed by atoms with van der Waals surface area (Å²) >= 11 is 0. The Morgan fingerprint density at radius 1 is 0.861 bits per heavy atom. The molecule has 3 aromatic carbocycles. The predicted molar refractivity (Wildman–Crippen MR) is 134 cm³/mol. The molecule has 0 saturated heterocycles. The van der Waals surface area contributed by atoms with Gasteiger partial charge in [-0.3, -0.25) is 4.79 Å². The molecule has 1 aliphatic rings. The summed E-state index contributed by atoms with van der Waals surface area (Å²) in [5, 5.41) is 8.77. The third-order valence-electron chi connectivity index (χ3n) is 5.93. The van der Waals surface area contributed by atoms with Crippen LogP contribution in [-0.4, -0.2) is 29.6 Å².